The lowest BCUT2D eigenvalue weighted by molar-refractivity contribution is 0.0598. The van der Waals surface area contributed by atoms with Crippen LogP contribution in [0.25, 0.3) is 0 Å². The number of fused-ring (bicyclic) bond motifs is 3. The molecule has 0 aliphatic heterocycles. The zero-order valence-corrected chi connectivity index (χ0v) is 11.6. The lowest BCUT2D eigenvalue weighted by Gasteiger charge is -2.27. The number of hydrogen-bond donors (Lipinski definition) is 1. The highest BCUT2D eigenvalue weighted by Crippen LogP contribution is 2.62. The van der Waals surface area contributed by atoms with Crippen molar-refractivity contribution >= 4 is 0 Å². The van der Waals surface area contributed by atoms with Crippen LogP contribution in [-0.4, -0.2) is 11.2 Å². The molecule has 2 fully saturated rings. The molecule has 0 bridgehead atoms. The lowest BCUT2D eigenvalue weighted by atomic mass is 9.83. The number of hydrogen-bond acceptors (Lipinski definition) is 1. The topological polar surface area (TPSA) is 20.2 Å². The van der Waals surface area contributed by atoms with Gasteiger partial charge in [-0.1, -0.05) is 43.5 Å². The molecule has 1 aromatic rings. The van der Waals surface area contributed by atoms with Crippen molar-refractivity contribution in [2.24, 2.45) is 17.8 Å². The molecule has 1 nitrogen and oxygen atoms in total. The van der Waals surface area contributed by atoms with E-state index in [2.05, 4.69) is 24.3 Å². The Kier molecular flexibility index (Phi) is 2.91. The Bertz CT molecular complexity index is 461. The zero-order valence-electron chi connectivity index (χ0n) is 11.6. The molecule has 1 heteroatoms. The summed E-state index contributed by atoms with van der Waals surface area (Å²) in [5, 5.41) is 10.8. The number of aliphatic hydroxyl groups is 1. The first-order valence-corrected chi connectivity index (χ1v) is 8.12. The summed E-state index contributed by atoms with van der Waals surface area (Å²) >= 11 is 0. The van der Waals surface area contributed by atoms with Gasteiger partial charge in [-0.25, -0.2) is 0 Å². The van der Waals surface area contributed by atoms with Crippen LogP contribution in [-0.2, 0) is 6.42 Å². The van der Waals surface area contributed by atoms with Crippen molar-refractivity contribution in [2.75, 3.05) is 0 Å². The summed E-state index contributed by atoms with van der Waals surface area (Å²) in [6.07, 6.45) is 9.07. The summed E-state index contributed by atoms with van der Waals surface area (Å²) < 4.78 is 0. The minimum Gasteiger partial charge on any atom is -0.393 e. The fourth-order valence-electron chi connectivity index (χ4n) is 4.88. The van der Waals surface area contributed by atoms with Crippen molar-refractivity contribution < 1.29 is 5.11 Å². The molecule has 0 radical (unpaired) electrons. The summed E-state index contributed by atoms with van der Waals surface area (Å²) in [5.41, 5.74) is 3.10. The van der Waals surface area contributed by atoms with Crippen molar-refractivity contribution in [1.82, 2.24) is 0 Å². The van der Waals surface area contributed by atoms with Crippen molar-refractivity contribution in [3.63, 3.8) is 0 Å². The van der Waals surface area contributed by atoms with Crippen LogP contribution >= 0.6 is 0 Å². The van der Waals surface area contributed by atoms with E-state index < -0.39 is 0 Å². The van der Waals surface area contributed by atoms with Gasteiger partial charge in [0.2, 0.25) is 0 Å². The highest BCUT2D eigenvalue weighted by molar-refractivity contribution is 5.39. The van der Waals surface area contributed by atoms with Gasteiger partial charge in [-0.15, -0.1) is 0 Å². The molecular weight excluding hydrogens is 232 g/mol. The molecule has 0 heterocycles. The molecule has 4 rings (SSSR count). The van der Waals surface area contributed by atoms with Crippen molar-refractivity contribution in [1.29, 1.82) is 0 Å². The highest BCUT2D eigenvalue weighted by Gasteiger charge is 2.57. The maximum atomic E-state index is 10.8. The first kappa shape index (κ1) is 12.0. The van der Waals surface area contributed by atoms with Crippen molar-refractivity contribution in [3.8, 4) is 0 Å². The quantitative estimate of drug-likeness (QED) is 0.850. The first-order valence-electron chi connectivity index (χ1n) is 8.12. The summed E-state index contributed by atoms with van der Waals surface area (Å²) in [4.78, 5) is 0. The standard InChI is InChI=1S/C18H24O/c19-18(13-7-2-1-3-8-13)17-15-11-10-12-6-4-5-9-14(12)16(15)17/h4-6,9,13,15-19H,1-3,7-8,10-11H2. The van der Waals surface area contributed by atoms with E-state index >= 15 is 0 Å². The Labute approximate surface area is 116 Å². The second kappa shape index (κ2) is 4.63. The van der Waals surface area contributed by atoms with Gasteiger partial charge in [-0.2, -0.15) is 0 Å². The van der Waals surface area contributed by atoms with Gasteiger partial charge in [0, 0.05) is 0 Å². The molecule has 102 valence electrons. The molecule has 1 N–H and O–H groups in total. The Morgan fingerprint density at radius 3 is 2.63 bits per heavy atom. The van der Waals surface area contributed by atoms with E-state index in [1.165, 1.54) is 44.9 Å². The third kappa shape index (κ3) is 1.94. The van der Waals surface area contributed by atoms with E-state index in [9.17, 15) is 5.11 Å². The molecule has 0 spiro atoms. The summed E-state index contributed by atoms with van der Waals surface area (Å²) in [6, 6.07) is 8.92. The van der Waals surface area contributed by atoms with Crippen LogP contribution < -0.4 is 0 Å². The van der Waals surface area contributed by atoms with E-state index in [0.717, 1.165) is 5.92 Å². The fourth-order valence-corrected chi connectivity index (χ4v) is 4.88. The second-order valence-corrected chi connectivity index (χ2v) is 6.89. The number of benzene rings is 1. The SMILES string of the molecule is OC(C1CCCCC1)C1C2CCc3ccccc3C21. The molecule has 0 amide bonds. The van der Waals surface area contributed by atoms with Gasteiger partial charge in [-0.3, -0.25) is 0 Å². The van der Waals surface area contributed by atoms with Crippen LogP contribution in [0.3, 0.4) is 0 Å². The zero-order chi connectivity index (χ0) is 12.8. The molecule has 0 saturated heterocycles. The summed E-state index contributed by atoms with van der Waals surface area (Å²) in [6.45, 7) is 0. The second-order valence-electron chi connectivity index (χ2n) is 6.89. The fraction of sp³-hybridized carbons (Fsp3) is 0.667. The largest absolute Gasteiger partial charge is 0.393 e. The predicted octanol–water partition coefficient (Wildman–Crippen LogP) is 3.90. The summed E-state index contributed by atoms with van der Waals surface area (Å²) in [5.74, 6) is 2.64. The van der Waals surface area contributed by atoms with Crippen molar-refractivity contribution in [2.45, 2.75) is 57.0 Å². The van der Waals surface area contributed by atoms with E-state index in [4.69, 9.17) is 0 Å². The molecule has 2 saturated carbocycles. The average molecular weight is 256 g/mol. The van der Waals surface area contributed by atoms with Gasteiger partial charge in [0.25, 0.3) is 0 Å². The van der Waals surface area contributed by atoms with Gasteiger partial charge >= 0.3 is 0 Å². The number of aliphatic hydroxyl groups excluding tert-OH is 1. The van der Waals surface area contributed by atoms with Gasteiger partial charge in [0.15, 0.2) is 0 Å². The Balaban J connectivity index is 1.53. The third-order valence-electron chi connectivity index (χ3n) is 5.92. The minimum atomic E-state index is -0.0264. The number of aryl methyl sites for hydroxylation is 1. The Morgan fingerprint density at radius 1 is 1.00 bits per heavy atom. The Morgan fingerprint density at radius 2 is 1.79 bits per heavy atom. The maximum Gasteiger partial charge on any atom is 0.0605 e. The number of rotatable bonds is 2. The molecule has 4 atom stereocenters. The van der Waals surface area contributed by atoms with Gasteiger partial charge < -0.3 is 5.11 Å². The highest BCUT2D eigenvalue weighted by atomic mass is 16.3. The van der Waals surface area contributed by atoms with Crippen LogP contribution in [0.4, 0.5) is 0 Å². The van der Waals surface area contributed by atoms with Crippen molar-refractivity contribution in [3.05, 3.63) is 35.4 Å². The minimum absolute atomic E-state index is 0.0264. The van der Waals surface area contributed by atoms with E-state index in [1.807, 2.05) is 0 Å². The average Bonchev–Trinajstić information content (AvgIpc) is 3.22. The van der Waals surface area contributed by atoms with Crippen LogP contribution in [0.15, 0.2) is 24.3 Å². The molecule has 3 aliphatic carbocycles. The lowest BCUT2D eigenvalue weighted by Crippen LogP contribution is -2.25. The summed E-state index contributed by atoms with van der Waals surface area (Å²) in [7, 11) is 0. The van der Waals surface area contributed by atoms with Crippen LogP contribution in [0.5, 0.6) is 0 Å². The molecule has 1 aromatic carbocycles. The van der Waals surface area contributed by atoms with Crippen LogP contribution in [0.1, 0.15) is 55.6 Å². The van der Waals surface area contributed by atoms with Gasteiger partial charge in [0.05, 0.1) is 6.10 Å². The van der Waals surface area contributed by atoms with Gasteiger partial charge in [0.1, 0.15) is 0 Å². The third-order valence-corrected chi connectivity index (χ3v) is 5.92. The first-order chi connectivity index (χ1) is 9.36. The molecule has 0 aromatic heterocycles. The van der Waals surface area contributed by atoms with Gasteiger partial charge in [-0.05, 0) is 60.5 Å². The molecule has 19 heavy (non-hydrogen) atoms. The van der Waals surface area contributed by atoms with E-state index in [0.29, 0.717) is 17.8 Å². The molecular formula is C18H24O. The Hall–Kier alpha value is -0.820. The predicted molar refractivity (Wildman–Crippen MR) is 77.1 cm³/mol. The van der Waals surface area contributed by atoms with Crippen LogP contribution in [0, 0.1) is 17.8 Å². The smallest absolute Gasteiger partial charge is 0.0605 e. The molecule has 3 aliphatic rings. The maximum absolute atomic E-state index is 10.8. The molecule has 4 unspecified atom stereocenters. The van der Waals surface area contributed by atoms with Crippen LogP contribution in [0.2, 0.25) is 0 Å². The van der Waals surface area contributed by atoms with E-state index in [-0.39, 0.29) is 6.10 Å². The normalized spacial score (nSPS) is 35.3. The van der Waals surface area contributed by atoms with E-state index in [1.54, 1.807) is 11.1 Å². The monoisotopic (exact) mass is 256 g/mol.